The molecule has 0 fully saturated rings. The highest BCUT2D eigenvalue weighted by molar-refractivity contribution is 5.64. The Bertz CT molecular complexity index is 619. The van der Waals surface area contributed by atoms with Crippen LogP contribution >= 0.6 is 0 Å². The second-order valence-corrected chi connectivity index (χ2v) is 5.64. The minimum Gasteiger partial charge on any atom is -0.490 e. The van der Waals surface area contributed by atoms with Gasteiger partial charge in [0.2, 0.25) is 0 Å². The number of benzene rings is 2. The van der Waals surface area contributed by atoms with Gasteiger partial charge in [-0.3, -0.25) is 0 Å². The van der Waals surface area contributed by atoms with Crippen LogP contribution in [0.5, 0.6) is 5.75 Å². The van der Waals surface area contributed by atoms with Crippen LogP contribution in [0.25, 0.3) is 0 Å². The van der Waals surface area contributed by atoms with Crippen LogP contribution in [0.4, 0.5) is 5.69 Å². The zero-order chi connectivity index (χ0) is 14.1. The molecule has 0 aliphatic carbocycles. The molecule has 1 heterocycles. The smallest absolute Gasteiger partial charge is 0.123 e. The highest BCUT2D eigenvalue weighted by Gasteiger charge is 2.23. The van der Waals surface area contributed by atoms with Crippen LogP contribution < -0.4 is 10.1 Å². The van der Waals surface area contributed by atoms with Gasteiger partial charge in [0.05, 0.1) is 0 Å². The molecule has 0 bridgehead atoms. The number of aryl methyl sites for hydroxylation is 1. The molecule has 0 amide bonds. The summed E-state index contributed by atoms with van der Waals surface area (Å²) >= 11 is 0. The third kappa shape index (κ3) is 2.38. The lowest BCUT2D eigenvalue weighted by Gasteiger charge is -2.15. The van der Waals surface area contributed by atoms with Crippen LogP contribution in [0.1, 0.15) is 29.2 Å². The molecule has 2 aromatic rings. The maximum atomic E-state index is 5.86. The van der Waals surface area contributed by atoms with E-state index in [0.717, 1.165) is 18.7 Å². The van der Waals surface area contributed by atoms with Crippen molar-refractivity contribution in [3.8, 4) is 5.75 Å². The summed E-state index contributed by atoms with van der Waals surface area (Å²) in [5.41, 5.74) is 6.51. The lowest BCUT2D eigenvalue weighted by atomic mass is 9.99. The molecule has 2 nitrogen and oxygen atoms in total. The fraction of sp³-hybridized carbons (Fsp3) is 0.333. The van der Waals surface area contributed by atoms with Crippen molar-refractivity contribution < 1.29 is 4.74 Å². The lowest BCUT2D eigenvalue weighted by Crippen LogP contribution is -2.05. The first-order valence-electron chi connectivity index (χ1n) is 7.22. The van der Waals surface area contributed by atoms with Crippen LogP contribution in [-0.2, 0) is 13.0 Å². The Kier molecular flexibility index (Phi) is 3.39. The van der Waals surface area contributed by atoms with Crippen molar-refractivity contribution in [2.75, 3.05) is 5.32 Å². The first-order chi connectivity index (χ1) is 9.65. The molecular formula is C18H21NO. The van der Waals surface area contributed by atoms with Crippen LogP contribution in [0, 0.1) is 13.8 Å². The summed E-state index contributed by atoms with van der Waals surface area (Å²) in [5, 5.41) is 3.59. The maximum Gasteiger partial charge on any atom is 0.123 e. The van der Waals surface area contributed by atoms with Gasteiger partial charge in [-0.05, 0) is 43.5 Å². The fourth-order valence-electron chi connectivity index (χ4n) is 2.95. The molecular weight excluding hydrogens is 246 g/mol. The number of rotatable bonds is 3. The van der Waals surface area contributed by atoms with Crippen molar-refractivity contribution in [3.05, 3.63) is 58.7 Å². The first kappa shape index (κ1) is 13.0. The zero-order valence-corrected chi connectivity index (χ0v) is 12.4. The van der Waals surface area contributed by atoms with Crippen LogP contribution in [-0.4, -0.2) is 6.10 Å². The Morgan fingerprint density at radius 3 is 2.70 bits per heavy atom. The minimum absolute atomic E-state index is 0.299. The van der Waals surface area contributed by atoms with E-state index >= 15 is 0 Å². The monoisotopic (exact) mass is 267 g/mol. The molecule has 3 rings (SSSR count). The lowest BCUT2D eigenvalue weighted by molar-refractivity contribution is 0.254. The van der Waals surface area contributed by atoms with Crippen molar-refractivity contribution in [2.45, 2.75) is 39.8 Å². The molecule has 0 saturated heterocycles. The molecule has 1 aliphatic heterocycles. The van der Waals surface area contributed by atoms with Crippen molar-refractivity contribution in [2.24, 2.45) is 0 Å². The summed E-state index contributed by atoms with van der Waals surface area (Å²) < 4.78 is 5.86. The van der Waals surface area contributed by atoms with Gasteiger partial charge in [0.25, 0.3) is 0 Å². The van der Waals surface area contributed by atoms with E-state index in [2.05, 4.69) is 56.4 Å². The average molecular weight is 267 g/mol. The van der Waals surface area contributed by atoms with E-state index in [-0.39, 0.29) is 0 Å². The molecule has 0 saturated carbocycles. The topological polar surface area (TPSA) is 21.3 Å². The molecule has 0 unspecified atom stereocenters. The van der Waals surface area contributed by atoms with Crippen molar-refractivity contribution in [1.29, 1.82) is 0 Å². The summed E-state index contributed by atoms with van der Waals surface area (Å²) in [5.74, 6) is 1.07. The predicted octanol–water partition coefficient (Wildman–Crippen LogP) is 4.24. The Hall–Kier alpha value is -1.96. The van der Waals surface area contributed by atoms with Gasteiger partial charge < -0.3 is 10.1 Å². The van der Waals surface area contributed by atoms with Gasteiger partial charge in [0.15, 0.2) is 0 Å². The Balaban J connectivity index is 1.86. The Labute approximate surface area is 120 Å². The van der Waals surface area contributed by atoms with E-state index < -0.39 is 0 Å². The van der Waals surface area contributed by atoms with Gasteiger partial charge >= 0.3 is 0 Å². The number of hydrogen-bond donors (Lipinski definition) is 1. The van der Waals surface area contributed by atoms with Gasteiger partial charge in [0, 0.05) is 24.2 Å². The molecule has 2 heteroatoms. The summed E-state index contributed by atoms with van der Waals surface area (Å²) in [6.07, 6.45) is 1.31. The Morgan fingerprint density at radius 1 is 1.20 bits per heavy atom. The van der Waals surface area contributed by atoms with Crippen LogP contribution in [0.3, 0.4) is 0 Å². The molecule has 0 spiro atoms. The second kappa shape index (κ2) is 5.20. The largest absolute Gasteiger partial charge is 0.490 e. The van der Waals surface area contributed by atoms with Gasteiger partial charge in [-0.1, -0.05) is 30.3 Å². The highest BCUT2D eigenvalue weighted by Crippen LogP contribution is 2.37. The summed E-state index contributed by atoms with van der Waals surface area (Å²) in [6, 6.07) is 12.7. The SMILES string of the molecule is Cc1cc2c(c(C)c1NCc1ccccc1)C[C@H](C)O2. The van der Waals surface area contributed by atoms with Crippen LogP contribution in [0.15, 0.2) is 36.4 Å². The molecule has 104 valence electrons. The van der Waals surface area contributed by atoms with E-state index in [9.17, 15) is 0 Å². The minimum atomic E-state index is 0.299. The number of anilines is 1. The van der Waals surface area contributed by atoms with Gasteiger partial charge in [0.1, 0.15) is 11.9 Å². The number of nitrogens with one attached hydrogen (secondary N) is 1. The molecule has 0 aromatic heterocycles. The van der Waals surface area contributed by atoms with E-state index in [0.29, 0.717) is 6.10 Å². The van der Waals surface area contributed by atoms with Crippen molar-refractivity contribution in [1.82, 2.24) is 0 Å². The summed E-state index contributed by atoms with van der Waals surface area (Å²) in [7, 11) is 0. The van der Waals surface area contributed by atoms with Crippen LogP contribution in [0.2, 0.25) is 0 Å². The molecule has 20 heavy (non-hydrogen) atoms. The van der Waals surface area contributed by atoms with Crippen molar-refractivity contribution >= 4 is 5.69 Å². The summed E-state index contributed by atoms with van der Waals surface area (Å²) in [6.45, 7) is 7.33. The predicted molar refractivity (Wildman–Crippen MR) is 83.5 cm³/mol. The number of fused-ring (bicyclic) bond motifs is 1. The second-order valence-electron chi connectivity index (χ2n) is 5.64. The van der Waals surface area contributed by atoms with Gasteiger partial charge in [-0.15, -0.1) is 0 Å². The third-order valence-corrected chi connectivity index (χ3v) is 4.00. The quantitative estimate of drug-likeness (QED) is 0.898. The zero-order valence-electron chi connectivity index (χ0n) is 12.4. The molecule has 2 aromatic carbocycles. The molecule has 0 radical (unpaired) electrons. The maximum absolute atomic E-state index is 5.86. The van der Waals surface area contributed by atoms with Gasteiger partial charge in [-0.2, -0.15) is 0 Å². The highest BCUT2D eigenvalue weighted by atomic mass is 16.5. The normalized spacial score (nSPS) is 16.6. The van der Waals surface area contributed by atoms with Crippen molar-refractivity contribution in [3.63, 3.8) is 0 Å². The van der Waals surface area contributed by atoms with Gasteiger partial charge in [-0.25, -0.2) is 0 Å². The third-order valence-electron chi connectivity index (χ3n) is 4.00. The summed E-state index contributed by atoms with van der Waals surface area (Å²) in [4.78, 5) is 0. The molecule has 1 N–H and O–H groups in total. The molecule has 1 atom stereocenters. The standard InChI is InChI=1S/C18H21NO/c1-12-9-17-16(10-13(2)20-17)14(3)18(12)19-11-15-7-5-4-6-8-15/h4-9,13,19H,10-11H2,1-3H3/t13-/m0/s1. The first-order valence-corrected chi connectivity index (χ1v) is 7.22. The Morgan fingerprint density at radius 2 is 1.95 bits per heavy atom. The average Bonchev–Trinajstić information content (AvgIpc) is 2.80. The van der Waals surface area contributed by atoms with E-state index in [4.69, 9.17) is 4.74 Å². The fourth-order valence-corrected chi connectivity index (χ4v) is 2.95. The van der Waals surface area contributed by atoms with E-state index in [1.165, 1.54) is 27.9 Å². The van der Waals surface area contributed by atoms with E-state index in [1.807, 2.05) is 6.07 Å². The molecule has 1 aliphatic rings. The van der Waals surface area contributed by atoms with E-state index in [1.54, 1.807) is 0 Å². The number of hydrogen-bond acceptors (Lipinski definition) is 2. The number of ether oxygens (including phenoxy) is 1.